The van der Waals surface area contributed by atoms with E-state index < -0.39 is 29.6 Å². The molecule has 1 N–H and O–H groups in total. The quantitative estimate of drug-likeness (QED) is 0.835. The van der Waals surface area contributed by atoms with Crippen molar-refractivity contribution in [3.63, 3.8) is 0 Å². The Morgan fingerprint density at radius 2 is 1.88 bits per heavy atom. The lowest BCUT2D eigenvalue weighted by atomic mass is 10.0. The van der Waals surface area contributed by atoms with Crippen LogP contribution in [0.4, 0.5) is 8.78 Å². The molecule has 0 heterocycles. The molecule has 2 aromatic rings. The van der Waals surface area contributed by atoms with E-state index in [4.69, 9.17) is 11.6 Å². The van der Waals surface area contributed by atoms with Gasteiger partial charge in [0.25, 0.3) is 5.91 Å². The zero-order chi connectivity index (χ0) is 17.7. The highest BCUT2D eigenvalue weighted by Crippen LogP contribution is 2.26. The van der Waals surface area contributed by atoms with E-state index in [0.29, 0.717) is 10.6 Å². The third kappa shape index (κ3) is 4.29. The minimum atomic E-state index is -1.13. The number of methoxy groups -OCH3 is 1. The summed E-state index contributed by atoms with van der Waals surface area (Å²) in [7, 11) is 1.23. The molecule has 0 radical (unpaired) electrons. The summed E-state index contributed by atoms with van der Waals surface area (Å²) < 4.78 is 30.9. The Kier molecular flexibility index (Phi) is 5.87. The lowest BCUT2D eigenvalue weighted by Crippen LogP contribution is -2.30. The van der Waals surface area contributed by atoms with Gasteiger partial charge in [0.15, 0.2) is 11.6 Å². The normalized spacial score (nSPS) is 11.7. The van der Waals surface area contributed by atoms with Gasteiger partial charge in [-0.25, -0.2) is 8.78 Å². The summed E-state index contributed by atoms with van der Waals surface area (Å²) in [4.78, 5) is 23.9. The summed E-state index contributed by atoms with van der Waals surface area (Å²) in [5.74, 6) is -3.40. The molecule has 0 spiro atoms. The van der Waals surface area contributed by atoms with Gasteiger partial charge in [0.1, 0.15) is 0 Å². The smallest absolute Gasteiger partial charge is 0.307 e. The molecule has 7 heteroatoms. The molecule has 4 nitrogen and oxygen atoms in total. The third-order valence-electron chi connectivity index (χ3n) is 3.37. The van der Waals surface area contributed by atoms with Crippen molar-refractivity contribution in [1.82, 2.24) is 5.32 Å². The minimum Gasteiger partial charge on any atom is -0.469 e. The molecule has 0 saturated carbocycles. The topological polar surface area (TPSA) is 55.4 Å². The molecule has 0 aromatic heterocycles. The fourth-order valence-electron chi connectivity index (χ4n) is 2.13. The summed E-state index contributed by atoms with van der Waals surface area (Å²) >= 11 is 6.11. The van der Waals surface area contributed by atoms with Crippen molar-refractivity contribution < 1.29 is 23.1 Å². The molecule has 0 saturated heterocycles. The van der Waals surface area contributed by atoms with Gasteiger partial charge < -0.3 is 10.1 Å². The Morgan fingerprint density at radius 3 is 2.50 bits per heavy atom. The zero-order valence-electron chi connectivity index (χ0n) is 12.7. The first-order valence-electron chi connectivity index (χ1n) is 6.99. The van der Waals surface area contributed by atoms with Crippen molar-refractivity contribution in [2.24, 2.45) is 0 Å². The molecule has 0 bridgehead atoms. The maximum absolute atomic E-state index is 13.3. The number of esters is 1. The van der Waals surface area contributed by atoms with Crippen molar-refractivity contribution >= 4 is 23.5 Å². The maximum Gasteiger partial charge on any atom is 0.307 e. The van der Waals surface area contributed by atoms with Crippen LogP contribution in [0, 0.1) is 11.6 Å². The minimum absolute atomic E-state index is 0.0733. The van der Waals surface area contributed by atoms with E-state index in [0.717, 1.165) is 18.2 Å². The van der Waals surface area contributed by atoms with Crippen molar-refractivity contribution in [2.45, 2.75) is 12.5 Å². The summed E-state index contributed by atoms with van der Waals surface area (Å²) in [5.41, 5.74) is 0.441. The van der Waals surface area contributed by atoms with Gasteiger partial charge in [0, 0.05) is 10.6 Å². The molecule has 0 fully saturated rings. The summed E-state index contributed by atoms with van der Waals surface area (Å²) in [5, 5.41) is 2.95. The second-order valence-electron chi connectivity index (χ2n) is 4.96. The summed E-state index contributed by atoms with van der Waals surface area (Å²) in [6.07, 6.45) is -0.157. The van der Waals surface area contributed by atoms with Crippen LogP contribution in [-0.2, 0) is 9.53 Å². The van der Waals surface area contributed by atoms with Crippen LogP contribution in [0.25, 0.3) is 0 Å². The number of carbonyl (C=O) groups is 2. The van der Waals surface area contributed by atoms with Gasteiger partial charge in [-0.05, 0) is 29.8 Å². The van der Waals surface area contributed by atoms with Gasteiger partial charge in [-0.2, -0.15) is 0 Å². The molecule has 24 heavy (non-hydrogen) atoms. The van der Waals surface area contributed by atoms with E-state index >= 15 is 0 Å². The zero-order valence-corrected chi connectivity index (χ0v) is 13.4. The number of amides is 1. The van der Waals surface area contributed by atoms with Gasteiger partial charge in [-0.3, -0.25) is 9.59 Å². The number of hydrogen-bond acceptors (Lipinski definition) is 3. The van der Waals surface area contributed by atoms with Crippen LogP contribution in [0.5, 0.6) is 0 Å². The Balaban J connectivity index is 2.27. The van der Waals surface area contributed by atoms with Crippen LogP contribution in [0.3, 0.4) is 0 Å². The predicted molar refractivity (Wildman–Crippen MR) is 84.7 cm³/mol. The van der Waals surface area contributed by atoms with E-state index in [1.165, 1.54) is 7.11 Å². The van der Waals surface area contributed by atoms with Crippen molar-refractivity contribution in [2.75, 3.05) is 7.11 Å². The van der Waals surface area contributed by atoms with Crippen LogP contribution in [0.2, 0.25) is 5.02 Å². The highest BCUT2D eigenvalue weighted by molar-refractivity contribution is 6.31. The SMILES string of the molecule is COC(=O)CC(NC(=O)c1ccc(F)c(F)c1)c1ccccc1Cl. The first-order valence-corrected chi connectivity index (χ1v) is 7.37. The highest BCUT2D eigenvalue weighted by atomic mass is 35.5. The van der Waals surface area contributed by atoms with Crippen LogP contribution in [-0.4, -0.2) is 19.0 Å². The average molecular weight is 354 g/mol. The largest absolute Gasteiger partial charge is 0.469 e. The number of benzene rings is 2. The van der Waals surface area contributed by atoms with E-state index in [2.05, 4.69) is 10.1 Å². The molecule has 0 aliphatic rings. The lowest BCUT2D eigenvalue weighted by molar-refractivity contribution is -0.141. The molecule has 2 aromatic carbocycles. The Bertz CT molecular complexity index is 767. The van der Waals surface area contributed by atoms with Crippen molar-refractivity contribution in [3.8, 4) is 0 Å². The van der Waals surface area contributed by atoms with Crippen LogP contribution in [0.15, 0.2) is 42.5 Å². The van der Waals surface area contributed by atoms with Gasteiger partial charge in [0.2, 0.25) is 0 Å². The maximum atomic E-state index is 13.3. The molecular formula is C17H14ClF2NO3. The number of hydrogen-bond donors (Lipinski definition) is 1. The van der Waals surface area contributed by atoms with E-state index in [1.807, 2.05) is 0 Å². The fourth-order valence-corrected chi connectivity index (χ4v) is 2.39. The second-order valence-corrected chi connectivity index (χ2v) is 5.36. The Labute approximate surface area is 142 Å². The lowest BCUT2D eigenvalue weighted by Gasteiger charge is -2.19. The Hall–Kier alpha value is -2.47. The van der Waals surface area contributed by atoms with Gasteiger partial charge in [-0.15, -0.1) is 0 Å². The first-order chi connectivity index (χ1) is 11.4. The van der Waals surface area contributed by atoms with Gasteiger partial charge in [-0.1, -0.05) is 29.8 Å². The third-order valence-corrected chi connectivity index (χ3v) is 3.71. The number of nitrogens with one attached hydrogen (secondary N) is 1. The van der Waals surface area contributed by atoms with Gasteiger partial charge in [0.05, 0.1) is 19.6 Å². The number of rotatable bonds is 5. The fraction of sp³-hybridized carbons (Fsp3) is 0.176. The first kappa shape index (κ1) is 17.9. The average Bonchev–Trinajstić information content (AvgIpc) is 2.57. The van der Waals surface area contributed by atoms with Crippen LogP contribution >= 0.6 is 11.6 Å². The molecule has 0 aliphatic carbocycles. The van der Waals surface area contributed by atoms with Crippen LogP contribution < -0.4 is 5.32 Å². The molecule has 1 atom stereocenters. The number of halogens is 3. The summed E-state index contributed by atoms with van der Waals surface area (Å²) in [6, 6.07) is 8.70. The molecule has 1 amide bonds. The van der Waals surface area contributed by atoms with Gasteiger partial charge >= 0.3 is 5.97 Å². The molecule has 2 rings (SSSR count). The number of carbonyl (C=O) groups excluding carboxylic acids is 2. The van der Waals surface area contributed by atoms with E-state index in [1.54, 1.807) is 24.3 Å². The monoisotopic (exact) mass is 353 g/mol. The molecule has 0 aliphatic heterocycles. The molecular weight excluding hydrogens is 340 g/mol. The van der Waals surface area contributed by atoms with Crippen LogP contribution in [0.1, 0.15) is 28.4 Å². The molecule has 126 valence electrons. The second kappa shape index (κ2) is 7.88. The standard InChI is InChI=1S/C17H14ClF2NO3/c1-24-16(22)9-15(11-4-2-3-5-12(11)18)21-17(23)10-6-7-13(19)14(20)8-10/h2-8,15H,9H2,1H3,(H,21,23). The number of ether oxygens (including phenoxy) is 1. The molecule has 1 unspecified atom stereocenters. The Morgan fingerprint density at radius 1 is 1.17 bits per heavy atom. The highest BCUT2D eigenvalue weighted by Gasteiger charge is 2.22. The van der Waals surface area contributed by atoms with E-state index in [9.17, 15) is 18.4 Å². The predicted octanol–water partition coefficient (Wildman–Crippen LogP) is 3.65. The van der Waals surface area contributed by atoms with E-state index in [-0.39, 0.29) is 12.0 Å². The summed E-state index contributed by atoms with van der Waals surface area (Å²) in [6.45, 7) is 0. The van der Waals surface area contributed by atoms with Crippen molar-refractivity contribution in [3.05, 3.63) is 70.2 Å². The van der Waals surface area contributed by atoms with Crippen molar-refractivity contribution in [1.29, 1.82) is 0 Å².